The summed E-state index contributed by atoms with van der Waals surface area (Å²) in [6.45, 7) is 1.42. The van der Waals surface area contributed by atoms with E-state index in [1.807, 2.05) is 0 Å². The van der Waals surface area contributed by atoms with E-state index in [1.165, 1.54) is 19.2 Å². The van der Waals surface area contributed by atoms with Gasteiger partial charge < -0.3 is 19.9 Å². The number of likely N-dealkylation sites (tertiary alicyclic amines) is 1. The van der Waals surface area contributed by atoms with Crippen molar-refractivity contribution in [1.82, 2.24) is 20.2 Å². The number of fused-ring (bicyclic) bond motifs is 1. The molecule has 0 radical (unpaired) electrons. The van der Waals surface area contributed by atoms with Crippen molar-refractivity contribution in [2.75, 3.05) is 26.7 Å². The number of benzene rings is 1. The number of nitrogens with one attached hydrogen (secondary N) is 2. The van der Waals surface area contributed by atoms with E-state index in [1.54, 1.807) is 11.0 Å². The number of methoxy groups -OCH3 is 1. The zero-order valence-electron chi connectivity index (χ0n) is 14.0. The van der Waals surface area contributed by atoms with Crippen LogP contribution in [0.5, 0.6) is 0 Å². The average molecular weight is 348 g/mol. The normalized spacial score (nSPS) is 17.5. The first-order chi connectivity index (χ1) is 12.1. The van der Waals surface area contributed by atoms with Crippen molar-refractivity contribution in [3.8, 4) is 0 Å². The number of imidazole rings is 1. The fraction of sp³-hybridized carbons (Fsp3) is 0.471. The van der Waals surface area contributed by atoms with Crippen LogP contribution in [0.4, 0.5) is 9.18 Å². The molecule has 0 aliphatic carbocycles. The maximum atomic E-state index is 13.2. The molecule has 2 amide bonds. The Kier molecular flexibility index (Phi) is 5.16. The first kappa shape index (κ1) is 17.2. The minimum atomic E-state index is -0.396. The smallest absolute Gasteiger partial charge is 0.409 e. The molecule has 1 atom stereocenters. The van der Waals surface area contributed by atoms with Gasteiger partial charge in [-0.25, -0.2) is 14.2 Å². The fourth-order valence-electron chi connectivity index (χ4n) is 3.09. The highest BCUT2D eigenvalue weighted by Crippen LogP contribution is 2.17. The predicted molar refractivity (Wildman–Crippen MR) is 89.5 cm³/mol. The molecular weight excluding hydrogens is 327 g/mol. The van der Waals surface area contributed by atoms with Crippen LogP contribution in [0.3, 0.4) is 0 Å². The Labute approximate surface area is 144 Å². The molecule has 7 nitrogen and oxygen atoms in total. The highest BCUT2D eigenvalue weighted by molar-refractivity contribution is 5.80. The molecule has 0 saturated carbocycles. The lowest BCUT2D eigenvalue weighted by Crippen LogP contribution is -2.45. The quantitative estimate of drug-likeness (QED) is 0.883. The second kappa shape index (κ2) is 7.50. The summed E-state index contributed by atoms with van der Waals surface area (Å²) in [5, 5.41) is 2.88. The number of carbonyl (C=O) groups excluding carboxylic acids is 2. The maximum absolute atomic E-state index is 13.2. The van der Waals surface area contributed by atoms with Gasteiger partial charge in [-0.05, 0) is 31.0 Å². The van der Waals surface area contributed by atoms with Crippen LogP contribution in [-0.4, -0.2) is 53.6 Å². The average Bonchev–Trinajstić information content (AvgIpc) is 3.02. The minimum Gasteiger partial charge on any atom is -0.453 e. The fourth-order valence-corrected chi connectivity index (χ4v) is 3.09. The first-order valence-corrected chi connectivity index (χ1v) is 8.31. The van der Waals surface area contributed by atoms with Crippen molar-refractivity contribution in [2.24, 2.45) is 5.92 Å². The number of nitrogens with zero attached hydrogens (tertiary/aromatic N) is 2. The summed E-state index contributed by atoms with van der Waals surface area (Å²) >= 11 is 0. The molecule has 25 heavy (non-hydrogen) atoms. The van der Waals surface area contributed by atoms with Gasteiger partial charge in [0.15, 0.2) is 0 Å². The van der Waals surface area contributed by atoms with Gasteiger partial charge in [0.05, 0.1) is 24.1 Å². The molecule has 2 N–H and O–H groups in total. The van der Waals surface area contributed by atoms with Crippen molar-refractivity contribution in [1.29, 1.82) is 0 Å². The lowest BCUT2D eigenvalue weighted by molar-refractivity contribution is -0.126. The summed E-state index contributed by atoms with van der Waals surface area (Å²) in [7, 11) is 1.34. The van der Waals surface area contributed by atoms with Crippen LogP contribution in [0.25, 0.3) is 11.0 Å². The van der Waals surface area contributed by atoms with Gasteiger partial charge in [-0.1, -0.05) is 0 Å². The molecule has 0 bridgehead atoms. The molecule has 2 aromatic rings. The molecule has 1 fully saturated rings. The Hall–Kier alpha value is -2.64. The van der Waals surface area contributed by atoms with Gasteiger partial charge in [0, 0.05) is 26.1 Å². The Morgan fingerprint density at radius 1 is 1.48 bits per heavy atom. The van der Waals surface area contributed by atoms with Crippen LogP contribution in [0, 0.1) is 11.7 Å². The van der Waals surface area contributed by atoms with Crippen molar-refractivity contribution in [3.63, 3.8) is 0 Å². The van der Waals surface area contributed by atoms with E-state index in [0.29, 0.717) is 42.9 Å². The Morgan fingerprint density at radius 3 is 3.12 bits per heavy atom. The van der Waals surface area contributed by atoms with E-state index < -0.39 is 6.09 Å². The van der Waals surface area contributed by atoms with Crippen LogP contribution in [0.15, 0.2) is 18.2 Å². The molecule has 134 valence electrons. The SMILES string of the molecule is COC(=O)N1CCC[C@H](C(=O)NCCc2nc3ccc(F)cc3[nH]2)C1. The predicted octanol–water partition coefficient (Wildman–Crippen LogP) is 1.84. The Bertz CT molecular complexity index is 776. The topological polar surface area (TPSA) is 87.3 Å². The van der Waals surface area contributed by atoms with Gasteiger partial charge in [-0.15, -0.1) is 0 Å². The van der Waals surface area contributed by atoms with Crippen molar-refractivity contribution >= 4 is 23.0 Å². The molecule has 0 spiro atoms. The van der Waals surface area contributed by atoms with Crippen LogP contribution in [-0.2, 0) is 16.0 Å². The molecule has 1 aromatic carbocycles. The van der Waals surface area contributed by atoms with E-state index in [2.05, 4.69) is 15.3 Å². The summed E-state index contributed by atoms with van der Waals surface area (Å²) in [6, 6.07) is 4.38. The summed E-state index contributed by atoms with van der Waals surface area (Å²) in [5.74, 6) is 0.0811. The number of rotatable bonds is 4. The zero-order chi connectivity index (χ0) is 17.8. The second-order valence-electron chi connectivity index (χ2n) is 6.14. The Morgan fingerprint density at radius 2 is 2.32 bits per heavy atom. The zero-order valence-corrected chi connectivity index (χ0v) is 14.0. The monoisotopic (exact) mass is 348 g/mol. The summed E-state index contributed by atoms with van der Waals surface area (Å²) in [6.07, 6.45) is 1.66. The number of aromatic nitrogens is 2. The molecule has 1 aromatic heterocycles. The number of hydrogen-bond acceptors (Lipinski definition) is 4. The molecular formula is C17H21FN4O3. The number of ether oxygens (including phenoxy) is 1. The molecule has 8 heteroatoms. The van der Waals surface area contributed by atoms with Crippen LogP contribution >= 0.6 is 0 Å². The van der Waals surface area contributed by atoms with Gasteiger partial charge in [-0.3, -0.25) is 4.79 Å². The summed E-state index contributed by atoms with van der Waals surface area (Å²) < 4.78 is 17.9. The standard InChI is InChI=1S/C17H21FN4O3/c1-25-17(24)22-8-2-3-11(10-22)16(23)19-7-6-15-20-13-5-4-12(18)9-14(13)21-15/h4-5,9,11H,2-3,6-8,10H2,1H3,(H,19,23)(H,20,21)/t11-/m0/s1. The highest BCUT2D eigenvalue weighted by Gasteiger charge is 2.28. The van der Waals surface area contributed by atoms with Crippen molar-refractivity contribution in [3.05, 3.63) is 29.8 Å². The highest BCUT2D eigenvalue weighted by atomic mass is 19.1. The van der Waals surface area contributed by atoms with Crippen LogP contribution < -0.4 is 5.32 Å². The molecule has 2 heterocycles. The van der Waals surface area contributed by atoms with E-state index in [9.17, 15) is 14.0 Å². The summed E-state index contributed by atoms with van der Waals surface area (Å²) in [5.41, 5.74) is 1.34. The molecule has 3 rings (SSSR count). The lowest BCUT2D eigenvalue weighted by atomic mass is 9.97. The molecule has 1 saturated heterocycles. The van der Waals surface area contributed by atoms with Gasteiger partial charge in [0.1, 0.15) is 11.6 Å². The maximum Gasteiger partial charge on any atom is 0.409 e. The third kappa shape index (κ3) is 4.07. The van der Waals surface area contributed by atoms with Crippen LogP contribution in [0.2, 0.25) is 0 Å². The van der Waals surface area contributed by atoms with Gasteiger partial charge in [0.25, 0.3) is 0 Å². The molecule has 1 aliphatic heterocycles. The molecule has 0 unspecified atom stereocenters. The molecule has 1 aliphatic rings. The van der Waals surface area contributed by atoms with Crippen molar-refractivity contribution in [2.45, 2.75) is 19.3 Å². The van der Waals surface area contributed by atoms with E-state index in [4.69, 9.17) is 4.74 Å². The number of piperidine rings is 1. The number of halogens is 1. The number of hydrogen-bond donors (Lipinski definition) is 2. The van der Waals surface area contributed by atoms with E-state index in [0.717, 1.165) is 12.8 Å². The largest absolute Gasteiger partial charge is 0.453 e. The minimum absolute atomic E-state index is 0.0734. The number of aromatic amines is 1. The van der Waals surface area contributed by atoms with Crippen molar-refractivity contribution < 1.29 is 18.7 Å². The number of carbonyl (C=O) groups is 2. The Balaban J connectivity index is 1.50. The van der Waals surface area contributed by atoms with Gasteiger partial charge in [-0.2, -0.15) is 0 Å². The van der Waals surface area contributed by atoms with Gasteiger partial charge >= 0.3 is 6.09 Å². The van der Waals surface area contributed by atoms with Crippen LogP contribution in [0.1, 0.15) is 18.7 Å². The first-order valence-electron chi connectivity index (χ1n) is 8.31. The summed E-state index contributed by atoms with van der Waals surface area (Å²) in [4.78, 5) is 32.8. The van der Waals surface area contributed by atoms with E-state index >= 15 is 0 Å². The van der Waals surface area contributed by atoms with Gasteiger partial charge in [0.2, 0.25) is 5.91 Å². The third-order valence-electron chi connectivity index (χ3n) is 4.38. The lowest BCUT2D eigenvalue weighted by Gasteiger charge is -2.30. The number of H-pyrrole nitrogens is 1. The second-order valence-corrected chi connectivity index (χ2v) is 6.14. The van der Waals surface area contributed by atoms with E-state index in [-0.39, 0.29) is 17.6 Å². The third-order valence-corrected chi connectivity index (χ3v) is 4.38. The number of amides is 2.